The summed E-state index contributed by atoms with van der Waals surface area (Å²) in [6.45, 7) is 1.86. The van der Waals surface area contributed by atoms with Gasteiger partial charge in [0.05, 0.1) is 5.56 Å². The van der Waals surface area contributed by atoms with Crippen molar-refractivity contribution < 1.29 is 9.90 Å². The summed E-state index contributed by atoms with van der Waals surface area (Å²) in [5.41, 5.74) is 7.24. The molecule has 0 saturated heterocycles. The fraction of sp³-hybridized carbons (Fsp3) is 0.500. The highest BCUT2D eigenvalue weighted by Crippen LogP contribution is 2.33. The summed E-state index contributed by atoms with van der Waals surface area (Å²) in [7, 11) is 0. The van der Waals surface area contributed by atoms with Gasteiger partial charge < -0.3 is 10.8 Å². The molecule has 2 rings (SSSR count). The molecule has 0 heterocycles. The first-order chi connectivity index (χ1) is 8.58. The molecule has 0 unspecified atom stereocenters. The number of carbonyl (C=O) groups is 1. The topological polar surface area (TPSA) is 63.3 Å². The Kier molecular flexibility index (Phi) is 4.17. The Bertz CT molecular complexity index is 453. The molecule has 0 radical (unpaired) electrons. The molecular formula is C14H19NO2S. The van der Waals surface area contributed by atoms with Crippen LogP contribution in [-0.2, 0) is 0 Å². The van der Waals surface area contributed by atoms with Crippen LogP contribution in [0.15, 0.2) is 17.0 Å². The van der Waals surface area contributed by atoms with E-state index in [0.717, 1.165) is 22.1 Å². The summed E-state index contributed by atoms with van der Waals surface area (Å²) >= 11 is 1.75. The summed E-state index contributed by atoms with van der Waals surface area (Å²) in [5, 5.41) is 9.11. The Morgan fingerprint density at radius 2 is 2.11 bits per heavy atom. The van der Waals surface area contributed by atoms with Gasteiger partial charge in [-0.3, -0.25) is 0 Å². The predicted octanol–water partition coefficient (Wildman–Crippen LogP) is 3.56. The van der Waals surface area contributed by atoms with Gasteiger partial charge in [0.15, 0.2) is 0 Å². The maximum absolute atomic E-state index is 11.1. The summed E-state index contributed by atoms with van der Waals surface area (Å²) in [6, 6.07) is 3.69. The number of carboxylic acid groups (broad SMARTS) is 1. The average Bonchev–Trinajstić information content (AvgIpc) is 2.83. The standard InChI is InChI=1S/C14H19NO2S/c1-9-6-11(7-12(13(9)15)14(16)17)18-8-10-4-2-3-5-10/h6-7,10H,2-5,8,15H2,1H3,(H,16,17). The molecule has 4 heteroatoms. The second kappa shape index (κ2) is 5.65. The minimum absolute atomic E-state index is 0.226. The molecule has 1 fully saturated rings. The molecule has 3 nitrogen and oxygen atoms in total. The number of thioether (sulfide) groups is 1. The molecule has 98 valence electrons. The van der Waals surface area contributed by atoms with E-state index in [1.54, 1.807) is 17.8 Å². The van der Waals surface area contributed by atoms with Crippen molar-refractivity contribution in [3.8, 4) is 0 Å². The van der Waals surface area contributed by atoms with Crippen LogP contribution in [0, 0.1) is 12.8 Å². The van der Waals surface area contributed by atoms with E-state index in [-0.39, 0.29) is 5.56 Å². The first-order valence-electron chi connectivity index (χ1n) is 6.34. The molecule has 0 spiro atoms. The molecule has 0 aromatic heterocycles. The lowest BCUT2D eigenvalue weighted by atomic mass is 10.1. The van der Waals surface area contributed by atoms with Crippen molar-refractivity contribution in [1.82, 2.24) is 0 Å². The Hall–Kier alpha value is -1.16. The van der Waals surface area contributed by atoms with Crippen molar-refractivity contribution in [1.29, 1.82) is 0 Å². The number of carboxylic acids is 1. The number of hydrogen-bond acceptors (Lipinski definition) is 3. The number of hydrogen-bond donors (Lipinski definition) is 2. The lowest BCUT2D eigenvalue weighted by molar-refractivity contribution is 0.0697. The number of aryl methyl sites for hydroxylation is 1. The fourth-order valence-electron chi connectivity index (χ4n) is 2.42. The van der Waals surface area contributed by atoms with E-state index in [1.807, 2.05) is 13.0 Å². The van der Waals surface area contributed by atoms with E-state index in [9.17, 15) is 4.79 Å². The molecule has 1 aromatic rings. The minimum atomic E-state index is -0.945. The van der Waals surface area contributed by atoms with Crippen LogP contribution < -0.4 is 5.73 Å². The van der Waals surface area contributed by atoms with Gasteiger partial charge in [0, 0.05) is 16.3 Å². The number of anilines is 1. The molecule has 0 aliphatic heterocycles. The maximum atomic E-state index is 11.1. The Balaban J connectivity index is 2.10. The molecule has 3 N–H and O–H groups in total. The third-order valence-corrected chi connectivity index (χ3v) is 4.76. The van der Waals surface area contributed by atoms with Gasteiger partial charge in [0.1, 0.15) is 0 Å². The van der Waals surface area contributed by atoms with E-state index >= 15 is 0 Å². The molecule has 1 saturated carbocycles. The SMILES string of the molecule is Cc1cc(SCC2CCCC2)cc(C(=O)O)c1N. The van der Waals surface area contributed by atoms with Crippen molar-refractivity contribution >= 4 is 23.4 Å². The van der Waals surface area contributed by atoms with Crippen LogP contribution in [0.2, 0.25) is 0 Å². The second-order valence-corrected chi connectivity index (χ2v) is 6.06. The Labute approximate surface area is 112 Å². The van der Waals surface area contributed by atoms with Gasteiger partial charge in [-0.1, -0.05) is 12.8 Å². The van der Waals surface area contributed by atoms with Crippen LogP contribution in [0.5, 0.6) is 0 Å². The van der Waals surface area contributed by atoms with Crippen molar-refractivity contribution in [3.63, 3.8) is 0 Å². The highest BCUT2D eigenvalue weighted by atomic mass is 32.2. The maximum Gasteiger partial charge on any atom is 0.337 e. The van der Waals surface area contributed by atoms with Crippen LogP contribution in [0.4, 0.5) is 5.69 Å². The van der Waals surface area contributed by atoms with Crippen molar-refractivity contribution in [2.45, 2.75) is 37.5 Å². The van der Waals surface area contributed by atoms with Crippen LogP contribution >= 0.6 is 11.8 Å². The normalized spacial score (nSPS) is 16.1. The van der Waals surface area contributed by atoms with E-state index in [2.05, 4.69) is 0 Å². The number of benzene rings is 1. The van der Waals surface area contributed by atoms with Crippen LogP contribution in [0.25, 0.3) is 0 Å². The van der Waals surface area contributed by atoms with Gasteiger partial charge >= 0.3 is 5.97 Å². The van der Waals surface area contributed by atoms with Crippen LogP contribution in [0.3, 0.4) is 0 Å². The lowest BCUT2D eigenvalue weighted by Crippen LogP contribution is -2.05. The highest BCUT2D eigenvalue weighted by molar-refractivity contribution is 7.99. The van der Waals surface area contributed by atoms with E-state index < -0.39 is 5.97 Å². The fourth-order valence-corrected chi connectivity index (χ4v) is 3.64. The zero-order valence-electron chi connectivity index (χ0n) is 10.6. The monoisotopic (exact) mass is 265 g/mol. The largest absolute Gasteiger partial charge is 0.478 e. The van der Waals surface area contributed by atoms with E-state index in [0.29, 0.717) is 5.69 Å². The molecule has 0 atom stereocenters. The number of nitrogen functional groups attached to an aromatic ring is 1. The second-order valence-electron chi connectivity index (χ2n) is 4.97. The van der Waals surface area contributed by atoms with Crippen molar-refractivity contribution in [2.75, 3.05) is 11.5 Å². The number of aromatic carboxylic acids is 1. The zero-order chi connectivity index (χ0) is 13.1. The third kappa shape index (κ3) is 2.99. The summed E-state index contributed by atoms with van der Waals surface area (Å²) < 4.78 is 0. The third-order valence-electron chi connectivity index (χ3n) is 3.55. The predicted molar refractivity (Wildman–Crippen MR) is 75.2 cm³/mol. The smallest absolute Gasteiger partial charge is 0.337 e. The van der Waals surface area contributed by atoms with Crippen molar-refractivity contribution in [3.05, 3.63) is 23.3 Å². The summed E-state index contributed by atoms with van der Waals surface area (Å²) in [6.07, 6.45) is 5.30. The first-order valence-corrected chi connectivity index (χ1v) is 7.32. The van der Waals surface area contributed by atoms with Gasteiger partial charge in [0.2, 0.25) is 0 Å². The lowest BCUT2D eigenvalue weighted by Gasteiger charge is -2.11. The van der Waals surface area contributed by atoms with Crippen LogP contribution in [-0.4, -0.2) is 16.8 Å². The van der Waals surface area contributed by atoms with E-state index in [4.69, 9.17) is 10.8 Å². The zero-order valence-corrected chi connectivity index (χ0v) is 11.4. The Morgan fingerprint density at radius 1 is 1.44 bits per heavy atom. The molecule has 18 heavy (non-hydrogen) atoms. The van der Waals surface area contributed by atoms with Gasteiger partial charge in [-0.15, -0.1) is 11.8 Å². The van der Waals surface area contributed by atoms with Gasteiger partial charge in [0.25, 0.3) is 0 Å². The molecule has 0 amide bonds. The first kappa shape index (κ1) is 13.3. The quantitative estimate of drug-likeness (QED) is 0.645. The highest BCUT2D eigenvalue weighted by Gasteiger charge is 2.16. The minimum Gasteiger partial charge on any atom is -0.478 e. The number of nitrogens with two attached hydrogens (primary N) is 1. The number of rotatable bonds is 4. The molecule has 1 aromatic carbocycles. The van der Waals surface area contributed by atoms with Gasteiger partial charge in [-0.25, -0.2) is 4.79 Å². The van der Waals surface area contributed by atoms with Crippen molar-refractivity contribution in [2.24, 2.45) is 5.92 Å². The van der Waals surface area contributed by atoms with Gasteiger partial charge in [-0.2, -0.15) is 0 Å². The molecule has 1 aliphatic carbocycles. The molecule has 0 bridgehead atoms. The van der Waals surface area contributed by atoms with Gasteiger partial charge in [-0.05, 0) is 43.4 Å². The summed E-state index contributed by atoms with van der Waals surface area (Å²) in [5.74, 6) is 0.933. The average molecular weight is 265 g/mol. The Morgan fingerprint density at radius 3 is 2.72 bits per heavy atom. The molecular weight excluding hydrogens is 246 g/mol. The summed E-state index contributed by atoms with van der Waals surface area (Å²) in [4.78, 5) is 12.1. The van der Waals surface area contributed by atoms with Crippen LogP contribution in [0.1, 0.15) is 41.6 Å². The van der Waals surface area contributed by atoms with E-state index in [1.165, 1.54) is 25.7 Å². The molecule has 1 aliphatic rings.